The molecule has 0 aromatic heterocycles. The zero-order chi connectivity index (χ0) is 19.8. The third-order valence-electron chi connectivity index (χ3n) is 4.45. The number of anilines is 1. The fraction of sp³-hybridized carbons (Fsp3) is 0.333. The summed E-state index contributed by atoms with van der Waals surface area (Å²) in [5.74, 6) is -0.997. The first-order chi connectivity index (χ1) is 12.7. The van der Waals surface area contributed by atoms with Gasteiger partial charge in [-0.3, -0.25) is 4.72 Å². The van der Waals surface area contributed by atoms with Gasteiger partial charge in [-0.15, -0.1) is 0 Å². The third-order valence-corrected chi connectivity index (χ3v) is 5.84. The highest BCUT2D eigenvalue weighted by Crippen LogP contribution is 2.40. The maximum atomic E-state index is 13.9. The molecule has 1 heterocycles. The predicted octanol–water partition coefficient (Wildman–Crippen LogP) is 2.64. The van der Waals surface area contributed by atoms with E-state index in [2.05, 4.69) is 4.72 Å². The topological polar surface area (TPSA) is 67.9 Å². The maximum Gasteiger partial charge on any atom is 0.265 e. The lowest BCUT2D eigenvalue weighted by molar-refractivity contribution is 0.164. The van der Waals surface area contributed by atoms with Crippen molar-refractivity contribution in [3.8, 4) is 11.5 Å². The number of ether oxygens (including phenoxy) is 2. The molecule has 0 radical (unpaired) electrons. The van der Waals surface area contributed by atoms with Crippen LogP contribution < -0.4 is 14.2 Å². The number of nitrogens with one attached hydrogen (secondary N) is 1. The van der Waals surface area contributed by atoms with E-state index in [-0.39, 0.29) is 11.7 Å². The Labute approximate surface area is 156 Å². The van der Waals surface area contributed by atoms with Crippen molar-refractivity contribution in [3.63, 3.8) is 0 Å². The minimum atomic E-state index is -4.35. The van der Waals surface area contributed by atoms with E-state index in [1.807, 2.05) is 19.0 Å². The van der Waals surface area contributed by atoms with E-state index in [4.69, 9.17) is 9.47 Å². The van der Waals surface area contributed by atoms with Crippen LogP contribution in [0.4, 0.5) is 14.5 Å². The first-order valence-electron chi connectivity index (χ1n) is 8.20. The van der Waals surface area contributed by atoms with Crippen molar-refractivity contribution in [2.45, 2.75) is 17.4 Å². The summed E-state index contributed by atoms with van der Waals surface area (Å²) in [5, 5.41) is 0. The Morgan fingerprint density at radius 1 is 1.22 bits per heavy atom. The Morgan fingerprint density at radius 2 is 1.96 bits per heavy atom. The minimum Gasteiger partial charge on any atom is -0.496 e. The van der Waals surface area contributed by atoms with E-state index in [0.717, 1.165) is 12.1 Å². The Balaban J connectivity index is 2.01. The molecule has 1 N–H and O–H groups in total. The average Bonchev–Trinajstić information content (AvgIpc) is 2.63. The molecule has 1 aliphatic rings. The van der Waals surface area contributed by atoms with Crippen LogP contribution in [0.2, 0.25) is 0 Å². The van der Waals surface area contributed by atoms with Gasteiger partial charge in [0.2, 0.25) is 0 Å². The molecule has 1 aliphatic heterocycles. The number of likely N-dealkylation sites (N-methyl/N-ethyl adjacent to an activating group) is 1. The molecule has 2 aromatic rings. The molecule has 0 saturated heterocycles. The van der Waals surface area contributed by atoms with Gasteiger partial charge in [-0.25, -0.2) is 17.2 Å². The second-order valence-corrected chi connectivity index (χ2v) is 8.09. The van der Waals surface area contributed by atoms with Gasteiger partial charge in [-0.2, -0.15) is 0 Å². The van der Waals surface area contributed by atoms with Crippen molar-refractivity contribution in [1.82, 2.24) is 4.90 Å². The Morgan fingerprint density at radius 3 is 2.63 bits per heavy atom. The number of methoxy groups -OCH3 is 1. The first-order valence-corrected chi connectivity index (χ1v) is 9.68. The van der Waals surface area contributed by atoms with Crippen LogP contribution in [0.3, 0.4) is 0 Å². The number of fused-ring (bicyclic) bond motifs is 1. The van der Waals surface area contributed by atoms with Crippen LogP contribution in [-0.2, 0) is 16.4 Å². The van der Waals surface area contributed by atoms with E-state index < -0.39 is 26.6 Å². The lowest BCUT2D eigenvalue weighted by Gasteiger charge is -2.32. The van der Waals surface area contributed by atoms with Crippen molar-refractivity contribution in [2.75, 3.05) is 32.5 Å². The van der Waals surface area contributed by atoms with Crippen molar-refractivity contribution < 1.29 is 26.7 Å². The first kappa shape index (κ1) is 19.4. The van der Waals surface area contributed by atoms with E-state index in [0.29, 0.717) is 36.2 Å². The van der Waals surface area contributed by atoms with Crippen molar-refractivity contribution in [3.05, 3.63) is 47.5 Å². The maximum absolute atomic E-state index is 13.9. The molecule has 0 unspecified atom stereocenters. The Bertz CT molecular complexity index is 964. The number of hydrogen-bond acceptors (Lipinski definition) is 5. The molecule has 2 aromatic carbocycles. The average molecular weight is 398 g/mol. The van der Waals surface area contributed by atoms with Crippen LogP contribution in [-0.4, -0.2) is 47.2 Å². The molecular weight excluding hydrogens is 378 g/mol. The normalized spacial score (nSPS) is 16.6. The fourth-order valence-corrected chi connectivity index (χ4v) is 4.08. The highest BCUT2D eigenvalue weighted by atomic mass is 32.2. The number of rotatable bonds is 5. The summed E-state index contributed by atoms with van der Waals surface area (Å²) in [6.45, 7) is 0.357. The van der Waals surface area contributed by atoms with Crippen molar-refractivity contribution in [2.24, 2.45) is 0 Å². The molecule has 9 heteroatoms. The molecule has 0 spiro atoms. The summed E-state index contributed by atoms with van der Waals surface area (Å²) in [5.41, 5.74) is 0.856. The van der Waals surface area contributed by atoms with Gasteiger partial charge in [-0.1, -0.05) is 0 Å². The summed E-state index contributed by atoms with van der Waals surface area (Å²) in [4.78, 5) is 1.23. The molecule has 3 rings (SSSR count). The van der Waals surface area contributed by atoms with Crippen LogP contribution >= 0.6 is 0 Å². The van der Waals surface area contributed by atoms with Gasteiger partial charge < -0.3 is 14.4 Å². The van der Waals surface area contributed by atoms with Gasteiger partial charge in [-0.05, 0) is 50.8 Å². The zero-order valence-electron chi connectivity index (χ0n) is 15.1. The lowest BCUT2D eigenvalue weighted by atomic mass is 10.00. The highest BCUT2D eigenvalue weighted by Gasteiger charge is 2.29. The van der Waals surface area contributed by atoms with Crippen LogP contribution in [0.15, 0.2) is 35.2 Å². The summed E-state index contributed by atoms with van der Waals surface area (Å²) in [6, 6.07) is 5.44. The molecular formula is C18H20F2N2O4S. The van der Waals surface area contributed by atoms with E-state index in [1.165, 1.54) is 13.2 Å². The minimum absolute atomic E-state index is 0.0962. The van der Waals surface area contributed by atoms with Gasteiger partial charge >= 0.3 is 0 Å². The van der Waals surface area contributed by atoms with Crippen molar-refractivity contribution in [1.29, 1.82) is 0 Å². The molecule has 0 bridgehead atoms. The van der Waals surface area contributed by atoms with Gasteiger partial charge in [0.05, 0.1) is 12.8 Å². The second-order valence-electron chi connectivity index (χ2n) is 6.44. The van der Waals surface area contributed by atoms with E-state index in [9.17, 15) is 17.2 Å². The van der Waals surface area contributed by atoms with Crippen LogP contribution in [0.5, 0.6) is 11.5 Å². The number of nitrogens with zero attached hydrogens (tertiary/aromatic N) is 1. The summed E-state index contributed by atoms with van der Waals surface area (Å²) in [7, 11) is 1.01. The molecule has 1 atom stereocenters. The molecule has 6 nitrogen and oxygen atoms in total. The van der Waals surface area contributed by atoms with Crippen LogP contribution in [0, 0.1) is 11.6 Å². The van der Waals surface area contributed by atoms with Crippen LogP contribution in [0.25, 0.3) is 0 Å². The summed E-state index contributed by atoms with van der Waals surface area (Å²) >= 11 is 0. The van der Waals surface area contributed by atoms with Gasteiger partial charge in [0, 0.05) is 11.6 Å². The number of hydrogen-bond donors (Lipinski definition) is 1. The predicted molar refractivity (Wildman–Crippen MR) is 96.8 cm³/mol. The molecule has 0 saturated carbocycles. The standard InChI is InChI=1S/C18H20F2N2O4S/c1-22(2)12-9-13-16(25-3)7-6-15(18(13)26-10-12)21-27(23,24)17-8-11(19)4-5-14(17)20/h4-8,12,21H,9-10H2,1-3H3/t12-/m1/s1. The highest BCUT2D eigenvalue weighted by molar-refractivity contribution is 7.92. The van der Waals surface area contributed by atoms with Gasteiger partial charge in [0.25, 0.3) is 10.0 Å². The zero-order valence-corrected chi connectivity index (χ0v) is 15.9. The fourth-order valence-electron chi connectivity index (χ4n) is 2.93. The van der Waals surface area contributed by atoms with Gasteiger partial charge in [0.1, 0.15) is 34.6 Å². The molecule has 0 aliphatic carbocycles. The monoisotopic (exact) mass is 398 g/mol. The molecule has 146 valence electrons. The largest absolute Gasteiger partial charge is 0.496 e. The molecule has 27 heavy (non-hydrogen) atoms. The second kappa shape index (κ2) is 7.32. The molecule has 0 fully saturated rings. The number of sulfonamides is 1. The van der Waals surface area contributed by atoms with E-state index in [1.54, 1.807) is 6.07 Å². The quantitative estimate of drug-likeness (QED) is 0.839. The number of benzene rings is 2. The Kier molecular flexibility index (Phi) is 5.25. The van der Waals surface area contributed by atoms with Crippen LogP contribution in [0.1, 0.15) is 5.56 Å². The molecule has 0 amide bonds. The number of halogens is 2. The lowest BCUT2D eigenvalue weighted by Crippen LogP contribution is -2.38. The SMILES string of the molecule is COc1ccc(NS(=O)(=O)c2cc(F)ccc2F)c2c1C[C@@H](N(C)C)CO2. The smallest absolute Gasteiger partial charge is 0.265 e. The van der Waals surface area contributed by atoms with Crippen molar-refractivity contribution >= 4 is 15.7 Å². The summed E-state index contributed by atoms with van der Waals surface area (Å²) < 4.78 is 65.9. The Hall–Kier alpha value is -2.39. The van der Waals surface area contributed by atoms with Gasteiger partial charge in [0.15, 0.2) is 0 Å². The third kappa shape index (κ3) is 3.84. The summed E-state index contributed by atoms with van der Waals surface area (Å²) in [6.07, 6.45) is 0.593. The van der Waals surface area contributed by atoms with E-state index >= 15 is 0 Å².